The van der Waals surface area contributed by atoms with Gasteiger partial charge in [0.05, 0.1) is 23.8 Å². The van der Waals surface area contributed by atoms with Crippen LogP contribution in [0.5, 0.6) is 0 Å². The zero-order chi connectivity index (χ0) is 17.1. The summed E-state index contributed by atoms with van der Waals surface area (Å²) in [5, 5.41) is 14.0. The van der Waals surface area contributed by atoms with Crippen molar-refractivity contribution >= 4 is 28.5 Å². The Morgan fingerprint density at radius 3 is 2.76 bits per heavy atom. The van der Waals surface area contributed by atoms with Crippen molar-refractivity contribution in [2.45, 2.75) is 6.54 Å². The molecule has 0 bridgehead atoms. The van der Waals surface area contributed by atoms with Crippen LogP contribution in [-0.4, -0.2) is 24.7 Å². The number of fused-ring (bicyclic) bond motifs is 1. The van der Waals surface area contributed by atoms with Gasteiger partial charge in [0.25, 0.3) is 0 Å². The molecule has 0 aliphatic carbocycles. The number of aromatic nitrogens is 5. The molecule has 0 saturated heterocycles. The maximum absolute atomic E-state index is 5.86. The summed E-state index contributed by atoms with van der Waals surface area (Å²) in [5.74, 6) is 0.479. The summed E-state index contributed by atoms with van der Waals surface area (Å²) in [4.78, 5) is 12.5. The van der Waals surface area contributed by atoms with E-state index in [4.69, 9.17) is 11.6 Å². The number of hydrogen-bond donors (Lipinski definition) is 0. The summed E-state index contributed by atoms with van der Waals surface area (Å²) in [6.45, 7) is 0.389. The maximum atomic E-state index is 5.86. The van der Waals surface area contributed by atoms with Gasteiger partial charge in [-0.2, -0.15) is 10.2 Å². The number of rotatable bonds is 4. The third kappa shape index (κ3) is 3.22. The van der Waals surface area contributed by atoms with Crippen molar-refractivity contribution in [3.63, 3.8) is 0 Å². The highest BCUT2D eigenvalue weighted by Crippen LogP contribution is 2.24. The maximum Gasteiger partial charge on any atom is 0.188 e. The Balaban J connectivity index is 1.65. The van der Waals surface area contributed by atoms with Crippen molar-refractivity contribution in [2.24, 2.45) is 10.2 Å². The number of nitrogens with zero attached hydrogens (tertiary/aromatic N) is 7. The quantitative estimate of drug-likeness (QED) is 0.409. The van der Waals surface area contributed by atoms with E-state index >= 15 is 0 Å². The van der Waals surface area contributed by atoms with Gasteiger partial charge >= 0.3 is 0 Å². The Morgan fingerprint density at radius 1 is 1.04 bits per heavy atom. The lowest BCUT2D eigenvalue weighted by Crippen LogP contribution is -1.96. The second kappa shape index (κ2) is 6.74. The molecule has 3 aromatic heterocycles. The van der Waals surface area contributed by atoms with Crippen molar-refractivity contribution < 1.29 is 0 Å². The average Bonchev–Trinajstić information content (AvgIpc) is 3.08. The Kier molecular flexibility index (Phi) is 4.14. The Bertz CT molecular complexity index is 1040. The predicted octanol–water partition coefficient (Wildman–Crippen LogP) is 4.15. The largest absolute Gasteiger partial charge is 0.245 e. The normalized spacial score (nSPS) is 11.4. The van der Waals surface area contributed by atoms with Gasteiger partial charge in [-0.15, -0.1) is 5.11 Å². The zero-order valence-corrected chi connectivity index (χ0v) is 13.7. The molecule has 4 aromatic rings. The minimum absolute atomic E-state index is 0.389. The van der Waals surface area contributed by atoms with Crippen LogP contribution in [0.3, 0.4) is 0 Å². The fourth-order valence-corrected chi connectivity index (χ4v) is 2.59. The van der Waals surface area contributed by atoms with Gasteiger partial charge in [-0.05, 0) is 29.8 Å². The van der Waals surface area contributed by atoms with Gasteiger partial charge in [0, 0.05) is 6.20 Å². The van der Waals surface area contributed by atoms with Crippen LogP contribution in [-0.2, 0) is 6.54 Å². The van der Waals surface area contributed by atoms with Crippen LogP contribution in [0.15, 0.2) is 71.4 Å². The van der Waals surface area contributed by atoms with Crippen LogP contribution < -0.4 is 0 Å². The highest BCUT2D eigenvalue weighted by atomic mass is 35.5. The first kappa shape index (κ1) is 15.3. The fourth-order valence-electron chi connectivity index (χ4n) is 2.39. The minimum atomic E-state index is 0.389. The molecule has 25 heavy (non-hydrogen) atoms. The molecule has 0 amide bonds. The van der Waals surface area contributed by atoms with Gasteiger partial charge in [-0.1, -0.05) is 29.8 Å². The van der Waals surface area contributed by atoms with E-state index in [2.05, 4.69) is 30.3 Å². The summed E-state index contributed by atoms with van der Waals surface area (Å²) < 4.78 is 1.75. The van der Waals surface area contributed by atoms with E-state index in [1.165, 1.54) is 6.33 Å². The first-order chi connectivity index (χ1) is 12.3. The van der Waals surface area contributed by atoms with Crippen molar-refractivity contribution in [2.75, 3.05) is 0 Å². The Hall–Kier alpha value is -3.19. The van der Waals surface area contributed by atoms with Gasteiger partial charge in [0.1, 0.15) is 11.5 Å². The van der Waals surface area contributed by atoms with Crippen LogP contribution >= 0.6 is 11.6 Å². The molecule has 0 N–H and O–H groups in total. The van der Waals surface area contributed by atoms with E-state index in [9.17, 15) is 0 Å². The van der Waals surface area contributed by atoms with Crippen molar-refractivity contribution in [3.05, 3.63) is 71.9 Å². The summed E-state index contributed by atoms with van der Waals surface area (Å²) in [6, 6.07) is 13.4. The number of hydrogen-bond acceptors (Lipinski definition) is 6. The van der Waals surface area contributed by atoms with Gasteiger partial charge < -0.3 is 0 Å². The summed E-state index contributed by atoms with van der Waals surface area (Å²) in [5.41, 5.74) is 2.53. The molecule has 0 unspecified atom stereocenters. The highest BCUT2D eigenvalue weighted by molar-refractivity contribution is 6.29. The van der Waals surface area contributed by atoms with E-state index in [1.807, 2.05) is 36.4 Å². The van der Waals surface area contributed by atoms with Gasteiger partial charge in [-0.3, -0.25) is 0 Å². The number of azo groups is 1. The highest BCUT2D eigenvalue weighted by Gasteiger charge is 2.10. The average molecular weight is 350 g/mol. The molecule has 3 heterocycles. The molecule has 8 heteroatoms. The Morgan fingerprint density at radius 2 is 1.92 bits per heavy atom. The number of halogens is 1. The molecule has 0 radical (unpaired) electrons. The summed E-state index contributed by atoms with van der Waals surface area (Å²) >= 11 is 5.86. The molecule has 1 aromatic carbocycles. The van der Waals surface area contributed by atoms with Gasteiger partial charge in [0.2, 0.25) is 0 Å². The zero-order valence-electron chi connectivity index (χ0n) is 13.0. The predicted molar refractivity (Wildman–Crippen MR) is 94.1 cm³/mol. The molecule has 4 rings (SSSR count). The third-order valence-corrected chi connectivity index (χ3v) is 3.76. The van der Waals surface area contributed by atoms with E-state index in [0.717, 1.165) is 16.6 Å². The summed E-state index contributed by atoms with van der Waals surface area (Å²) in [7, 11) is 0. The lowest BCUT2D eigenvalue weighted by atomic mass is 10.3. The van der Waals surface area contributed by atoms with Crippen molar-refractivity contribution in [1.29, 1.82) is 0 Å². The van der Waals surface area contributed by atoms with Gasteiger partial charge in [-0.25, -0.2) is 19.6 Å². The van der Waals surface area contributed by atoms with E-state index in [1.54, 1.807) is 23.1 Å². The van der Waals surface area contributed by atoms with Crippen molar-refractivity contribution in [3.8, 4) is 5.69 Å². The Labute approximate surface area is 148 Å². The van der Waals surface area contributed by atoms with E-state index in [0.29, 0.717) is 23.2 Å². The van der Waals surface area contributed by atoms with Crippen LogP contribution in [0, 0.1) is 0 Å². The van der Waals surface area contributed by atoms with E-state index in [-0.39, 0.29) is 0 Å². The van der Waals surface area contributed by atoms with Crippen LogP contribution in [0.1, 0.15) is 5.56 Å². The molecule has 0 spiro atoms. The fraction of sp³-hybridized carbons (Fsp3) is 0.0588. The first-order valence-corrected chi connectivity index (χ1v) is 7.91. The smallest absolute Gasteiger partial charge is 0.188 e. The molecule has 122 valence electrons. The second-order valence-electron chi connectivity index (χ2n) is 5.21. The number of para-hydroxylation sites is 1. The first-order valence-electron chi connectivity index (χ1n) is 7.53. The molecule has 0 aliphatic rings. The van der Waals surface area contributed by atoms with Crippen molar-refractivity contribution in [1.82, 2.24) is 24.7 Å². The molecule has 7 nitrogen and oxygen atoms in total. The molecule has 0 fully saturated rings. The monoisotopic (exact) mass is 349 g/mol. The van der Waals surface area contributed by atoms with Crippen LogP contribution in [0.2, 0.25) is 5.15 Å². The topological polar surface area (TPSA) is 81.2 Å². The standard InChI is InChI=1S/C17H12ClN7/c18-15-8-12(6-7-19-15)9-22-24-16-14-10-23-25(17(14)21-11-20-16)13-4-2-1-3-5-13/h1-8,10-11H,9H2. The van der Waals surface area contributed by atoms with E-state index < -0.39 is 0 Å². The van der Waals surface area contributed by atoms with Crippen LogP contribution in [0.25, 0.3) is 16.7 Å². The molecule has 0 aliphatic heterocycles. The lowest BCUT2D eigenvalue weighted by Gasteiger charge is -2.01. The minimum Gasteiger partial charge on any atom is -0.245 e. The number of pyridine rings is 1. The molecular weight excluding hydrogens is 338 g/mol. The SMILES string of the molecule is Clc1cc(CN=Nc2ncnc3c2cnn3-c2ccccc2)ccn1. The van der Waals surface area contributed by atoms with Crippen LogP contribution in [0.4, 0.5) is 5.82 Å². The lowest BCUT2D eigenvalue weighted by molar-refractivity contribution is 0.894. The number of benzene rings is 1. The van der Waals surface area contributed by atoms with Gasteiger partial charge in [0.15, 0.2) is 11.5 Å². The second-order valence-corrected chi connectivity index (χ2v) is 5.60. The summed E-state index contributed by atoms with van der Waals surface area (Å²) in [6.07, 6.45) is 4.79. The molecular formula is C17H12ClN7. The molecule has 0 atom stereocenters. The third-order valence-electron chi connectivity index (χ3n) is 3.56. The molecule has 0 saturated carbocycles.